The maximum absolute atomic E-state index is 13.2. The van der Waals surface area contributed by atoms with E-state index in [0.29, 0.717) is 17.0 Å². The molecule has 1 aliphatic heterocycles. The molecule has 2 fully saturated rings. The van der Waals surface area contributed by atoms with Gasteiger partial charge in [0.1, 0.15) is 11.8 Å². The van der Waals surface area contributed by atoms with Crippen molar-refractivity contribution in [2.45, 2.75) is 38.3 Å². The highest BCUT2D eigenvalue weighted by molar-refractivity contribution is 6.23. The third-order valence-electron chi connectivity index (χ3n) is 5.24. The lowest BCUT2D eigenvalue weighted by Gasteiger charge is -2.28. The van der Waals surface area contributed by atoms with Crippen molar-refractivity contribution in [3.05, 3.63) is 59.7 Å². The van der Waals surface area contributed by atoms with E-state index in [1.165, 1.54) is 4.90 Å². The Morgan fingerprint density at radius 2 is 1.82 bits per heavy atom. The number of nitrogens with zero attached hydrogens (tertiary/aromatic N) is 2. The quantitative estimate of drug-likeness (QED) is 0.751. The number of anilines is 1. The second kappa shape index (κ2) is 7.11. The van der Waals surface area contributed by atoms with Crippen molar-refractivity contribution in [2.24, 2.45) is 0 Å². The first-order valence-corrected chi connectivity index (χ1v) is 9.40. The standard InChI is InChI=1S/C22H22N2O4/c1-14-6-8-17(9-7-14)24-20(25)13-19(22(24)27)23(16-10-11-16)21(26)15-4-3-5-18(12-15)28-2/h3-9,12,16,19H,10-11,13H2,1-2H3. The minimum atomic E-state index is -0.764. The van der Waals surface area contributed by atoms with Gasteiger partial charge in [0.2, 0.25) is 5.91 Å². The fraction of sp³-hybridized carbons (Fsp3) is 0.318. The van der Waals surface area contributed by atoms with Crippen LogP contribution in [0, 0.1) is 6.92 Å². The number of amides is 3. The van der Waals surface area contributed by atoms with Crippen LogP contribution in [0.15, 0.2) is 48.5 Å². The van der Waals surface area contributed by atoms with Crippen LogP contribution in [-0.2, 0) is 9.59 Å². The van der Waals surface area contributed by atoms with E-state index in [4.69, 9.17) is 4.74 Å². The lowest BCUT2D eigenvalue weighted by atomic mass is 10.1. The van der Waals surface area contributed by atoms with Crippen LogP contribution in [0.25, 0.3) is 0 Å². The molecule has 0 N–H and O–H groups in total. The molecule has 2 aromatic rings. The van der Waals surface area contributed by atoms with Crippen LogP contribution in [0.2, 0.25) is 0 Å². The van der Waals surface area contributed by atoms with E-state index in [0.717, 1.165) is 18.4 Å². The summed E-state index contributed by atoms with van der Waals surface area (Å²) in [6.07, 6.45) is 1.70. The zero-order valence-electron chi connectivity index (χ0n) is 15.9. The van der Waals surface area contributed by atoms with Crippen LogP contribution in [0.3, 0.4) is 0 Å². The van der Waals surface area contributed by atoms with Gasteiger partial charge in [-0.15, -0.1) is 0 Å². The highest BCUT2D eigenvalue weighted by Gasteiger charge is 2.48. The van der Waals surface area contributed by atoms with Crippen molar-refractivity contribution >= 4 is 23.4 Å². The number of ether oxygens (including phenoxy) is 1. The molecule has 0 spiro atoms. The lowest BCUT2D eigenvalue weighted by molar-refractivity contribution is -0.122. The van der Waals surface area contributed by atoms with Gasteiger partial charge in [0, 0.05) is 11.6 Å². The molecule has 1 aliphatic carbocycles. The summed E-state index contributed by atoms with van der Waals surface area (Å²) in [7, 11) is 1.54. The number of methoxy groups -OCH3 is 1. The summed E-state index contributed by atoms with van der Waals surface area (Å²) in [6, 6.07) is 13.4. The summed E-state index contributed by atoms with van der Waals surface area (Å²) in [5.41, 5.74) is 2.06. The maximum Gasteiger partial charge on any atom is 0.257 e. The van der Waals surface area contributed by atoms with Crippen LogP contribution >= 0.6 is 0 Å². The first-order chi connectivity index (χ1) is 13.5. The van der Waals surface area contributed by atoms with Gasteiger partial charge in [-0.25, -0.2) is 4.90 Å². The van der Waals surface area contributed by atoms with Crippen molar-refractivity contribution in [2.75, 3.05) is 12.0 Å². The highest BCUT2D eigenvalue weighted by Crippen LogP contribution is 2.35. The largest absolute Gasteiger partial charge is 0.497 e. The summed E-state index contributed by atoms with van der Waals surface area (Å²) < 4.78 is 5.21. The summed E-state index contributed by atoms with van der Waals surface area (Å²) in [4.78, 5) is 41.8. The van der Waals surface area contributed by atoms with Crippen LogP contribution in [0.5, 0.6) is 5.75 Å². The van der Waals surface area contributed by atoms with Crippen molar-refractivity contribution < 1.29 is 19.1 Å². The number of carbonyl (C=O) groups is 3. The van der Waals surface area contributed by atoms with E-state index < -0.39 is 6.04 Å². The number of carbonyl (C=O) groups excluding carboxylic acids is 3. The van der Waals surface area contributed by atoms with Gasteiger partial charge in [0.05, 0.1) is 19.2 Å². The molecular formula is C22H22N2O4. The molecular weight excluding hydrogens is 356 g/mol. The number of hydrogen-bond donors (Lipinski definition) is 0. The fourth-order valence-corrected chi connectivity index (χ4v) is 3.62. The van der Waals surface area contributed by atoms with Gasteiger partial charge in [-0.2, -0.15) is 0 Å². The van der Waals surface area contributed by atoms with Crippen LogP contribution < -0.4 is 9.64 Å². The van der Waals surface area contributed by atoms with E-state index in [-0.39, 0.29) is 30.2 Å². The topological polar surface area (TPSA) is 66.9 Å². The number of aryl methyl sites for hydroxylation is 1. The minimum absolute atomic E-state index is 0.00146. The Labute approximate surface area is 163 Å². The Morgan fingerprint density at radius 3 is 2.46 bits per heavy atom. The maximum atomic E-state index is 13.2. The molecule has 6 nitrogen and oxygen atoms in total. The Balaban J connectivity index is 1.63. The molecule has 3 amide bonds. The summed E-state index contributed by atoms with van der Waals surface area (Å²) in [5.74, 6) is -0.269. The van der Waals surface area contributed by atoms with Crippen molar-refractivity contribution in [3.63, 3.8) is 0 Å². The van der Waals surface area contributed by atoms with E-state index in [1.54, 1.807) is 48.4 Å². The third kappa shape index (κ3) is 3.26. The van der Waals surface area contributed by atoms with Gasteiger partial charge in [-0.05, 0) is 50.1 Å². The molecule has 0 aromatic heterocycles. The zero-order chi connectivity index (χ0) is 19.8. The molecule has 1 heterocycles. The molecule has 1 unspecified atom stereocenters. The molecule has 4 rings (SSSR count). The normalized spacial score (nSPS) is 19.1. The average Bonchev–Trinajstić information content (AvgIpc) is 3.49. The van der Waals surface area contributed by atoms with E-state index in [2.05, 4.69) is 0 Å². The molecule has 1 atom stereocenters. The molecule has 28 heavy (non-hydrogen) atoms. The molecule has 1 saturated carbocycles. The van der Waals surface area contributed by atoms with E-state index >= 15 is 0 Å². The van der Waals surface area contributed by atoms with Gasteiger partial charge >= 0.3 is 0 Å². The van der Waals surface area contributed by atoms with Crippen molar-refractivity contribution in [3.8, 4) is 5.75 Å². The van der Waals surface area contributed by atoms with E-state index in [9.17, 15) is 14.4 Å². The predicted molar refractivity (Wildman–Crippen MR) is 104 cm³/mol. The van der Waals surface area contributed by atoms with Crippen LogP contribution in [-0.4, -0.2) is 41.8 Å². The second-order valence-electron chi connectivity index (χ2n) is 7.30. The summed E-state index contributed by atoms with van der Waals surface area (Å²) in [5, 5.41) is 0. The SMILES string of the molecule is COc1cccc(C(=O)N(C2CC2)C2CC(=O)N(c3ccc(C)cc3)C2=O)c1. The van der Waals surface area contributed by atoms with E-state index in [1.807, 2.05) is 19.1 Å². The average molecular weight is 378 g/mol. The van der Waals surface area contributed by atoms with Crippen molar-refractivity contribution in [1.82, 2.24) is 4.90 Å². The van der Waals surface area contributed by atoms with Gasteiger partial charge in [0.25, 0.3) is 11.8 Å². The van der Waals surface area contributed by atoms with Gasteiger partial charge in [-0.3, -0.25) is 14.4 Å². The number of imide groups is 1. The van der Waals surface area contributed by atoms with Gasteiger partial charge in [0.15, 0.2) is 0 Å². The minimum Gasteiger partial charge on any atom is -0.497 e. The lowest BCUT2D eigenvalue weighted by Crippen LogP contribution is -2.46. The fourth-order valence-electron chi connectivity index (χ4n) is 3.62. The molecule has 2 aliphatic rings. The van der Waals surface area contributed by atoms with Gasteiger partial charge < -0.3 is 9.64 Å². The number of benzene rings is 2. The van der Waals surface area contributed by atoms with Crippen LogP contribution in [0.1, 0.15) is 35.2 Å². The molecule has 144 valence electrons. The Hall–Kier alpha value is -3.15. The zero-order valence-corrected chi connectivity index (χ0v) is 15.9. The first-order valence-electron chi connectivity index (χ1n) is 9.40. The monoisotopic (exact) mass is 378 g/mol. The number of rotatable bonds is 5. The Morgan fingerprint density at radius 1 is 1.11 bits per heavy atom. The Kier molecular flexibility index (Phi) is 4.63. The Bertz CT molecular complexity index is 934. The first kappa shape index (κ1) is 18.2. The second-order valence-corrected chi connectivity index (χ2v) is 7.30. The predicted octanol–water partition coefficient (Wildman–Crippen LogP) is 2.94. The number of hydrogen-bond acceptors (Lipinski definition) is 4. The molecule has 0 radical (unpaired) electrons. The van der Waals surface area contributed by atoms with Crippen molar-refractivity contribution in [1.29, 1.82) is 0 Å². The summed E-state index contributed by atoms with van der Waals surface area (Å²) in [6.45, 7) is 1.95. The van der Waals surface area contributed by atoms with Crippen LogP contribution in [0.4, 0.5) is 5.69 Å². The third-order valence-corrected chi connectivity index (χ3v) is 5.24. The smallest absolute Gasteiger partial charge is 0.257 e. The molecule has 1 saturated heterocycles. The highest BCUT2D eigenvalue weighted by atomic mass is 16.5. The summed E-state index contributed by atoms with van der Waals surface area (Å²) >= 11 is 0. The van der Waals surface area contributed by atoms with Gasteiger partial charge in [-0.1, -0.05) is 23.8 Å². The molecule has 0 bridgehead atoms. The molecule has 6 heteroatoms. The molecule has 2 aromatic carbocycles.